The Morgan fingerprint density at radius 2 is 1.56 bits per heavy atom. The van der Waals surface area contributed by atoms with Crippen molar-refractivity contribution in [3.63, 3.8) is 0 Å². The molecule has 0 bridgehead atoms. The Labute approximate surface area is 155 Å². The van der Waals surface area contributed by atoms with Gasteiger partial charge in [0.05, 0.1) is 32.5 Å². The van der Waals surface area contributed by atoms with Crippen LogP contribution < -0.4 is 14.8 Å². The van der Waals surface area contributed by atoms with Crippen LogP contribution in [0.25, 0.3) is 0 Å². The second-order valence-electron chi connectivity index (χ2n) is 5.39. The largest absolute Gasteiger partial charge is 0.493 e. The van der Waals surface area contributed by atoms with Crippen molar-refractivity contribution in [2.45, 2.75) is 6.04 Å². The lowest BCUT2D eigenvalue weighted by Crippen LogP contribution is -2.35. The van der Waals surface area contributed by atoms with Gasteiger partial charge in [-0.2, -0.15) is 0 Å². The number of methoxy groups -OCH3 is 3. The average molecular weight is 373 g/mol. The maximum absolute atomic E-state index is 12.6. The number of ether oxygens (including phenoxy) is 3. The summed E-state index contributed by atoms with van der Waals surface area (Å²) in [7, 11) is 4.10. The standard InChI is InChI=1S/C19H19NO7/c1-25-14-9-8-11(10-15(14)26-2)16(19(24)27-3)20-17(21)12-6-4-5-7-13(12)18(22)23/h4-10,16H,1-3H3,(H,20,21)(H,22,23)/t16-/m0/s1. The van der Waals surface area contributed by atoms with E-state index in [2.05, 4.69) is 5.32 Å². The molecule has 2 aromatic carbocycles. The van der Waals surface area contributed by atoms with Gasteiger partial charge >= 0.3 is 11.9 Å². The summed E-state index contributed by atoms with van der Waals surface area (Å²) >= 11 is 0. The molecule has 8 nitrogen and oxygen atoms in total. The number of benzene rings is 2. The van der Waals surface area contributed by atoms with Crippen LogP contribution >= 0.6 is 0 Å². The molecule has 0 aliphatic heterocycles. The van der Waals surface area contributed by atoms with Crippen molar-refractivity contribution < 1.29 is 33.7 Å². The van der Waals surface area contributed by atoms with Crippen LogP contribution in [0.3, 0.4) is 0 Å². The number of carboxylic acids is 1. The monoisotopic (exact) mass is 373 g/mol. The Morgan fingerprint density at radius 1 is 0.926 bits per heavy atom. The molecule has 1 atom stereocenters. The van der Waals surface area contributed by atoms with Gasteiger partial charge in [-0.05, 0) is 29.8 Å². The number of rotatable bonds is 7. The van der Waals surface area contributed by atoms with E-state index in [1.807, 2.05) is 0 Å². The van der Waals surface area contributed by atoms with Gasteiger partial charge in [0, 0.05) is 0 Å². The zero-order chi connectivity index (χ0) is 20.0. The Kier molecular flexibility index (Phi) is 6.37. The minimum absolute atomic E-state index is 0.0700. The molecule has 8 heteroatoms. The highest BCUT2D eigenvalue weighted by Gasteiger charge is 2.27. The summed E-state index contributed by atoms with van der Waals surface area (Å²) in [5.74, 6) is -1.88. The van der Waals surface area contributed by atoms with Gasteiger partial charge in [0.1, 0.15) is 0 Å². The third-order valence-corrected chi connectivity index (χ3v) is 3.86. The van der Waals surface area contributed by atoms with Gasteiger partial charge in [-0.3, -0.25) is 4.79 Å². The first kappa shape index (κ1) is 19.8. The van der Waals surface area contributed by atoms with E-state index in [1.54, 1.807) is 12.1 Å². The van der Waals surface area contributed by atoms with Crippen molar-refractivity contribution in [1.82, 2.24) is 5.32 Å². The van der Waals surface area contributed by atoms with Gasteiger partial charge in [0.15, 0.2) is 17.5 Å². The predicted molar refractivity (Wildman–Crippen MR) is 95.2 cm³/mol. The van der Waals surface area contributed by atoms with Crippen molar-refractivity contribution in [2.24, 2.45) is 0 Å². The van der Waals surface area contributed by atoms with Crippen LogP contribution in [0.4, 0.5) is 0 Å². The number of hydrogen-bond donors (Lipinski definition) is 2. The van der Waals surface area contributed by atoms with E-state index in [4.69, 9.17) is 14.2 Å². The second kappa shape index (κ2) is 8.70. The van der Waals surface area contributed by atoms with Crippen LogP contribution in [0, 0.1) is 0 Å². The first-order valence-corrected chi connectivity index (χ1v) is 7.85. The zero-order valence-electron chi connectivity index (χ0n) is 15.0. The van der Waals surface area contributed by atoms with Crippen molar-refractivity contribution in [1.29, 1.82) is 0 Å². The van der Waals surface area contributed by atoms with Crippen molar-refractivity contribution in [3.05, 3.63) is 59.2 Å². The Balaban J connectivity index is 2.40. The number of carbonyl (C=O) groups is 3. The molecule has 1 amide bonds. The highest BCUT2D eigenvalue weighted by molar-refractivity contribution is 6.05. The van der Waals surface area contributed by atoms with E-state index >= 15 is 0 Å². The molecule has 2 aromatic rings. The Morgan fingerprint density at radius 3 is 2.11 bits per heavy atom. The van der Waals surface area contributed by atoms with Crippen LogP contribution in [0.2, 0.25) is 0 Å². The van der Waals surface area contributed by atoms with E-state index in [0.29, 0.717) is 17.1 Å². The van der Waals surface area contributed by atoms with Crippen molar-refractivity contribution in [2.75, 3.05) is 21.3 Å². The van der Waals surface area contributed by atoms with Gasteiger partial charge in [-0.1, -0.05) is 18.2 Å². The maximum atomic E-state index is 12.6. The number of carbonyl (C=O) groups excluding carboxylic acids is 2. The lowest BCUT2D eigenvalue weighted by atomic mass is 10.0. The van der Waals surface area contributed by atoms with Gasteiger partial charge in [-0.25, -0.2) is 9.59 Å². The van der Waals surface area contributed by atoms with Crippen LogP contribution in [-0.4, -0.2) is 44.3 Å². The number of nitrogens with one attached hydrogen (secondary N) is 1. The van der Waals surface area contributed by atoms with E-state index in [1.165, 1.54) is 51.7 Å². The summed E-state index contributed by atoms with van der Waals surface area (Å²) in [6.45, 7) is 0. The van der Waals surface area contributed by atoms with Crippen LogP contribution in [0.5, 0.6) is 11.5 Å². The summed E-state index contributed by atoms with van der Waals surface area (Å²) in [5.41, 5.74) is 0.144. The summed E-state index contributed by atoms with van der Waals surface area (Å²) in [6.07, 6.45) is 0. The average Bonchev–Trinajstić information content (AvgIpc) is 2.70. The van der Waals surface area contributed by atoms with E-state index in [-0.39, 0.29) is 11.1 Å². The molecule has 0 saturated heterocycles. The van der Waals surface area contributed by atoms with Crippen molar-refractivity contribution in [3.8, 4) is 11.5 Å². The SMILES string of the molecule is COC(=O)[C@@H](NC(=O)c1ccccc1C(=O)O)c1ccc(OC)c(OC)c1. The van der Waals surface area contributed by atoms with Gasteiger partial charge in [0.2, 0.25) is 0 Å². The lowest BCUT2D eigenvalue weighted by molar-refractivity contribution is -0.143. The minimum atomic E-state index is -1.25. The van der Waals surface area contributed by atoms with E-state index < -0.39 is 23.9 Å². The molecule has 0 aliphatic carbocycles. The summed E-state index contributed by atoms with van der Waals surface area (Å²) in [6, 6.07) is 9.24. The quantitative estimate of drug-likeness (QED) is 0.715. The zero-order valence-corrected chi connectivity index (χ0v) is 15.0. The van der Waals surface area contributed by atoms with Gasteiger partial charge < -0.3 is 24.6 Å². The van der Waals surface area contributed by atoms with Crippen LogP contribution in [0.1, 0.15) is 32.3 Å². The molecule has 2 N–H and O–H groups in total. The van der Waals surface area contributed by atoms with E-state index in [9.17, 15) is 19.5 Å². The molecule has 2 rings (SSSR count). The lowest BCUT2D eigenvalue weighted by Gasteiger charge is -2.19. The fourth-order valence-corrected chi connectivity index (χ4v) is 2.51. The molecule has 0 fully saturated rings. The molecular formula is C19H19NO7. The highest BCUT2D eigenvalue weighted by Crippen LogP contribution is 2.30. The maximum Gasteiger partial charge on any atom is 0.336 e. The number of esters is 1. The predicted octanol–water partition coefficient (Wildman–Crippen LogP) is 2.05. The smallest absolute Gasteiger partial charge is 0.336 e. The number of carboxylic acid groups (broad SMARTS) is 1. The molecule has 142 valence electrons. The molecule has 27 heavy (non-hydrogen) atoms. The normalized spacial score (nSPS) is 11.2. The molecule has 0 unspecified atom stereocenters. The third kappa shape index (κ3) is 4.35. The van der Waals surface area contributed by atoms with Crippen LogP contribution in [-0.2, 0) is 9.53 Å². The van der Waals surface area contributed by atoms with Crippen LogP contribution in [0.15, 0.2) is 42.5 Å². The topological polar surface area (TPSA) is 111 Å². The first-order chi connectivity index (χ1) is 12.9. The minimum Gasteiger partial charge on any atom is -0.493 e. The second-order valence-corrected chi connectivity index (χ2v) is 5.39. The van der Waals surface area contributed by atoms with Crippen molar-refractivity contribution >= 4 is 17.8 Å². The summed E-state index contributed by atoms with van der Waals surface area (Å²) < 4.78 is 15.1. The molecule has 0 heterocycles. The fraction of sp³-hybridized carbons (Fsp3) is 0.211. The van der Waals surface area contributed by atoms with Gasteiger partial charge in [0.25, 0.3) is 5.91 Å². The summed E-state index contributed by atoms with van der Waals surface area (Å²) in [4.78, 5) is 36.2. The first-order valence-electron chi connectivity index (χ1n) is 7.85. The third-order valence-electron chi connectivity index (χ3n) is 3.86. The molecule has 0 saturated carbocycles. The molecule has 0 spiro atoms. The molecule has 0 radical (unpaired) electrons. The Bertz CT molecular complexity index is 863. The summed E-state index contributed by atoms with van der Waals surface area (Å²) in [5, 5.41) is 11.8. The Hall–Kier alpha value is -3.55. The molecular weight excluding hydrogens is 354 g/mol. The van der Waals surface area contributed by atoms with Gasteiger partial charge in [-0.15, -0.1) is 0 Å². The number of aromatic carboxylic acids is 1. The molecule has 0 aliphatic rings. The molecule has 0 aromatic heterocycles. The number of hydrogen-bond acceptors (Lipinski definition) is 6. The van der Waals surface area contributed by atoms with E-state index in [0.717, 1.165) is 0 Å². The number of amides is 1. The highest BCUT2D eigenvalue weighted by atomic mass is 16.5. The fourth-order valence-electron chi connectivity index (χ4n) is 2.51.